The molecule has 4 rings (SSSR count). The molecule has 0 saturated carbocycles. The van der Waals surface area contributed by atoms with Crippen molar-refractivity contribution in [1.29, 1.82) is 0 Å². The van der Waals surface area contributed by atoms with Crippen molar-refractivity contribution >= 4 is 80.9 Å². The Bertz CT molecular complexity index is 1770. The zero-order valence-corrected chi connectivity index (χ0v) is 29.3. The highest BCUT2D eigenvalue weighted by Gasteiger charge is 2.10. The Morgan fingerprint density at radius 2 is 0.957 bits per heavy atom. The molecule has 47 heavy (non-hydrogen) atoms. The van der Waals surface area contributed by atoms with Crippen molar-refractivity contribution in [2.75, 3.05) is 0 Å². The normalized spacial score (nSPS) is 11.4. The minimum absolute atomic E-state index is 0.137. The maximum absolute atomic E-state index is 12.2. The van der Waals surface area contributed by atoms with Gasteiger partial charge in [-0.1, -0.05) is 82.8 Å². The number of Topliss-reactive ketones (excluding diaryl/α,β-unsaturated/α-hetero) is 3. The SMILES string of the molecule is C/C(=N/N)C(=O)c1ccc(Cl)cc1.C/C(Cc1ccccc1Cl)=N/N=C(/C)C(=O)c1ccc(Cl)cc1.CC(=O)Cc1ccccc1Cl. The van der Waals surface area contributed by atoms with Crippen LogP contribution in [0.2, 0.25) is 20.1 Å². The zero-order valence-electron chi connectivity index (χ0n) is 26.3. The third kappa shape index (κ3) is 14.0. The molecule has 7 nitrogen and oxygen atoms in total. The van der Waals surface area contributed by atoms with Gasteiger partial charge in [-0.25, -0.2) is 0 Å². The van der Waals surface area contributed by atoms with Gasteiger partial charge in [0.2, 0.25) is 11.6 Å². The first-order chi connectivity index (χ1) is 22.3. The molecule has 0 radical (unpaired) electrons. The van der Waals surface area contributed by atoms with Crippen LogP contribution in [-0.4, -0.2) is 34.5 Å². The number of nitrogens with zero attached hydrogens (tertiary/aromatic N) is 3. The van der Waals surface area contributed by atoms with Crippen LogP contribution in [0, 0.1) is 0 Å². The van der Waals surface area contributed by atoms with E-state index in [2.05, 4.69) is 15.3 Å². The fourth-order valence-electron chi connectivity index (χ4n) is 3.75. The molecule has 0 spiro atoms. The summed E-state index contributed by atoms with van der Waals surface area (Å²) in [6, 6.07) is 28.2. The van der Waals surface area contributed by atoms with Crippen LogP contribution < -0.4 is 5.84 Å². The van der Waals surface area contributed by atoms with Crippen molar-refractivity contribution in [3.05, 3.63) is 139 Å². The predicted octanol–water partition coefficient (Wildman–Crippen LogP) is 9.58. The van der Waals surface area contributed by atoms with E-state index >= 15 is 0 Å². The molecular weight excluding hydrogens is 678 g/mol. The summed E-state index contributed by atoms with van der Waals surface area (Å²) < 4.78 is 0. The van der Waals surface area contributed by atoms with Crippen LogP contribution >= 0.6 is 46.4 Å². The number of benzene rings is 4. The van der Waals surface area contributed by atoms with Crippen molar-refractivity contribution in [2.45, 2.75) is 40.5 Å². The van der Waals surface area contributed by atoms with E-state index < -0.39 is 0 Å². The molecule has 11 heteroatoms. The molecule has 244 valence electrons. The topological polar surface area (TPSA) is 114 Å². The molecule has 0 fully saturated rings. The van der Waals surface area contributed by atoms with Gasteiger partial charge in [0, 0.05) is 49.8 Å². The highest BCUT2D eigenvalue weighted by molar-refractivity contribution is 6.45. The Morgan fingerprint density at radius 1 is 0.553 bits per heavy atom. The number of halogens is 4. The Kier molecular flexibility index (Phi) is 16.8. The van der Waals surface area contributed by atoms with E-state index in [1.807, 2.05) is 49.4 Å². The summed E-state index contributed by atoms with van der Waals surface area (Å²) in [6.07, 6.45) is 1.02. The highest BCUT2D eigenvalue weighted by Crippen LogP contribution is 2.17. The van der Waals surface area contributed by atoms with Crippen molar-refractivity contribution in [3.8, 4) is 0 Å². The highest BCUT2D eigenvalue weighted by atomic mass is 35.5. The predicted molar refractivity (Wildman–Crippen MR) is 196 cm³/mol. The number of rotatable bonds is 9. The van der Waals surface area contributed by atoms with Crippen LogP contribution in [-0.2, 0) is 17.6 Å². The Morgan fingerprint density at radius 3 is 1.36 bits per heavy atom. The number of carbonyl (C=O) groups excluding carboxylic acids is 3. The molecule has 0 amide bonds. The van der Waals surface area contributed by atoms with Crippen LogP contribution in [0.1, 0.15) is 59.5 Å². The van der Waals surface area contributed by atoms with E-state index in [1.165, 1.54) is 0 Å². The second-order valence-corrected chi connectivity index (χ2v) is 11.8. The van der Waals surface area contributed by atoms with Gasteiger partial charge in [-0.3, -0.25) is 14.4 Å². The van der Waals surface area contributed by atoms with E-state index in [9.17, 15) is 14.4 Å². The van der Waals surface area contributed by atoms with Crippen LogP contribution in [0.5, 0.6) is 0 Å². The van der Waals surface area contributed by atoms with E-state index in [1.54, 1.807) is 75.4 Å². The molecule has 4 aromatic rings. The molecule has 2 N–H and O–H groups in total. The van der Waals surface area contributed by atoms with Crippen molar-refractivity contribution in [2.24, 2.45) is 21.1 Å². The maximum atomic E-state index is 12.2. The lowest BCUT2D eigenvalue weighted by atomic mass is 10.1. The molecule has 0 bridgehead atoms. The third-order valence-electron chi connectivity index (χ3n) is 6.24. The van der Waals surface area contributed by atoms with Crippen molar-refractivity contribution in [3.63, 3.8) is 0 Å². The van der Waals surface area contributed by atoms with Gasteiger partial charge in [0.1, 0.15) is 17.2 Å². The van der Waals surface area contributed by atoms with Crippen LogP contribution in [0.4, 0.5) is 0 Å². The van der Waals surface area contributed by atoms with Gasteiger partial charge in [-0.15, -0.1) is 0 Å². The van der Waals surface area contributed by atoms with Gasteiger partial charge in [0.25, 0.3) is 0 Å². The molecule has 0 aromatic heterocycles. The van der Waals surface area contributed by atoms with Gasteiger partial charge >= 0.3 is 0 Å². The second kappa shape index (κ2) is 20.2. The van der Waals surface area contributed by atoms with Gasteiger partial charge in [-0.05, 0) is 99.5 Å². The quantitative estimate of drug-likeness (QED) is 0.0806. The fraction of sp³-hybridized carbons (Fsp3) is 0.167. The average molecular weight is 713 g/mol. The fourth-order valence-corrected chi connectivity index (χ4v) is 4.40. The van der Waals surface area contributed by atoms with Gasteiger partial charge in [0.05, 0.1) is 0 Å². The lowest BCUT2D eigenvalue weighted by Crippen LogP contribution is -2.12. The average Bonchev–Trinajstić information content (AvgIpc) is 3.06. The summed E-state index contributed by atoms with van der Waals surface area (Å²) in [5, 5.41) is 14.0. The summed E-state index contributed by atoms with van der Waals surface area (Å²) >= 11 is 23.4. The van der Waals surface area contributed by atoms with Gasteiger partial charge < -0.3 is 5.84 Å². The molecular formula is C36H34Cl4N4O3. The molecule has 0 aliphatic rings. The summed E-state index contributed by atoms with van der Waals surface area (Å²) in [6.45, 7) is 6.62. The van der Waals surface area contributed by atoms with Crippen LogP contribution in [0.25, 0.3) is 0 Å². The van der Waals surface area contributed by atoms with Crippen molar-refractivity contribution < 1.29 is 14.4 Å². The Balaban J connectivity index is 0.000000270. The monoisotopic (exact) mass is 710 g/mol. The third-order valence-corrected chi connectivity index (χ3v) is 7.48. The molecule has 0 unspecified atom stereocenters. The zero-order chi connectivity index (χ0) is 34.9. The Hall–Kier alpha value is -4.14. The van der Waals surface area contributed by atoms with E-state index in [0.29, 0.717) is 49.8 Å². The van der Waals surface area contributed by atoms with Crippen LogP contribution in [0.15, 0.2) is 112 Å². The number of carbonyl (C=O) groups is 3. The number of ketones is 3. The molecule has 0 saturated heterocycles. The summed E-state index contributed by atoms with van der Waals surface area (Å²) in [5.41, 5.74) is 4.34. The summed E-state index contributed by atoms with van der Waals surface area (Å²) in [5.74, 6) is 4.77. The lowest BCUT2D eigenvalue weighted by molar-refractivity contribution is -0.116. The number of hydrogen-bond acceptors (Lipinski definition) is 7. The second-order valence-electron chi connectivity index (χ2n) is 10.1. The van der Waals surface area contributed by atoms with E-state index in [0.717, 1.165) is 16.8 Å². The van der Waals surface area contributed by atoms with E-state index in [-0.39, 0.29) is 23.1 Å². The minimum Gasteiger partial charge on any atom is -0.323 e. The molecule has 4 aromatic carbocycles. The summed E-state index contributed by atoms with van der Waals surface area (Å²) in [4.78, 5) is 34.4. The maximum Gasteiger partial charge on any atom is 0.208 e. The number of hydrogen-bond donors (Lipinski definition) is 1. The molecule has 0 heterocycles. The summed E-state index contributed by atoms with van der Waals surface area (Å²) in [7, 11) is 0. The first kappa shape index (κ1) is 39.0. The standard InChI is InChI=1S/C18H16Cl2N2O.C9H9ClN2O.C9H9ClO/c1-12(11-15-5-3-4-6-17(15)20)21-22-13(2)18(23)14-7-9-16(19)10-8-14;1-6(12-11)9(13)7-2-4-8(10)5-3-7;1-7(11)6-8-4-2-3-5-9(8)10/h3-10H,11H2,1-2H3;2-5H,11H2,1H3;2-5H,6H2,1H3/b21-12-,22-13-;12-6-;. The van der Waals surface area contributed by atoms with Crippen molar-refractivity contribution in [1.82, 2.24) is 0 Å². The minimum atomic E-state index is -0.181. The molecule has 0 atom stereocenters. The van der Waals surface area contributed by atoms with E-state index in [4.69, 9.17) is 52.2 Å². The van der Waals surface area contributed by atoms with Crippen LogP contribution in [0.3, 0.4) is 0 Å². The lowest BCUT2D eigenvalue weighted by Gasteiger charge is -2.03. The van der Waals surface area contributed by atoms with Gasteiger partial charge in [0.15, 0.2) is 0 Å². The molecule has 0 aliphatic carbocycles. The first-order valence-electron chi connectivity index (χ1n) is 14.2. The smallest absolute Gasteiger partial charge is 0.208 e. The Labute approximate surface area is 295 Å². The van der Waals surface area contributed by atoms with Gasteiger partial charge in [-0.2, -0.15) is 15.3 Å². The first-order valence-corrected chi connectivity index (χ1v) is 15.7. The molecule has 0 aliphatic heterocycles. The largest absolute Gasteiger partial charge is 0.323 e. The number of nitrogens with two attached hydrogens (primary N) is 1. The number of hydrazone groups is 1.